The quantitative estimate of drug-likeness (QED) is 0.520. The molecule has 2 aromatic carbocycles. The fraction of sp³-hybridized carbons (Fsp3) is 0.174. The van der Waals surface area contributed by atoms with E-state index in [1.165, 1.54) is 4.57 Å². The van der Waals surface area contributed by atoms with E-state index in [9.17, 15) is 14.7 Å². The molecule has 1 fully saturated rings. The smallest absolute Gasteiger partial charge is 0.262 e. The Hall–Kier alpha value is -3.71. The van der Waals surface area contributed by atoms with Crippen LogP contribution in [0.1, 0.15) is 10.4 Å². The molecule has 1 N–H and O–H groups in total. The molecule has 7 nitrogen and oxygen atoms in total. The third kappa shape index (κ3) is 2.91. The Kier molecular flexibility index (Phi) is 4.44. The third-order valence-electron chi connectivity index (χ3n) is 5.45. The first-order valence-electron chi connectivity index (χ1n) is 9.73. The van der Waals surface area contributed by atoms with Crippen LogP contribution in [0.4, 0.5) is 5.69 Å². The molecule has 0 aliphatic carbocycles. The van der Waals surface area contributed by atoms with Gasteiger partial charge in [0.25, 0.3) is 5.91 Å². The van der Waals surface area contributed by atoms with Crippen molar-refractivity contribution >= 4 is 33.4 Å². The summed E-state index contributed by atoms with van der Waals surface area (Å²) in [6.07, 6.45) is 3.10. The number of aromatic hydroxyl groups is 1. The lowest BCUT2D eigenvalue weighted by molar-refractivity contribution is 0.0969. The van der Waals surface area contributed by atoms with E-state index < -0.39 is 0 Å². The Bertz CT molecular complexity index is 1330. The Balaban J connectivity index is 1.86. The second-order valence-corrected chi connectivity index (χ2v) is 7.18. The number of para-hydroxylation sites is 1. The predicted octanol–water partition coefficient (Wildman–Crippen LogP) is 2.78. The van der Waals surface area contributed by atoms with Gasteiger partial charge in [0.2, 0.25) is 5.43 Å². The fourth-order valence-electron chi connectivity index (χ4n) is 3.98. The molecule has 0 bridgehead atoms. The van der Waals surface area contributed by atoms with Crippen LogP contribution in [0.3, 0.4) is 0 Å². The predicted molar refractivity (Wildman–Crippen MR) is 114 cm³/mol. The van der Waals surface area contributed by atoms with E-state index in [1.54, 1.807) is 60.9 Å². The topological polar surface area (TPSA) is 84.7 Å². The Morgan fingerprint density at radius 1 is 1.00 bits per heavy atom. The van der Waals surface area contributed by atoms with Crippen LogP contribution < -0.4 is 10.3 Å². The zero-order valence-corrected chi connectivity index (χ0v) is 16.1. The van der Waals surface area contributed by atoms with E-state index in [2.05, 4.69) is 9.88 Å². The van der Waals surface area contributed by atoms with E-state index >= 15 is 0 Å². The second kappa shape index (κ2) is 7.27. The van der Waals surface area contributed by atoms with Gasteiger partial charge in [-0.3, -0.25) is 19.1 Å². The summed E-state index contributed by atoms with van der Waals surface area (Å²) in [5.74, 6) is -0.432. The minimum Gasteiger partial charge on any atom is -0.507 e. The van der Waals surface area contributed by atoms with Crippen molar-refractivity contribution in [2.75, 3.05) is 31.2 Å². The summed E-state index contributed by atoms with van der Waals surface area (Å²) >= 11 is 0. The van der Waals surface area contributed by atoms with Crippen LogP contribution in [0.15, 0.2) is 65.7 Å². The van der Waals surface area contributed by atoms with Gasteiger partial charge in [0, 0.05) is 48.2 Å². The molecule has 3 heterocycles. The lowest BCUT2D eigenvalue weighted by Crippen LogP contribution is -2.36. The number of morpholine rings is 1. The number of hydrogen-bond acceptors (Lipinski definition) is 6. The van der Waals surface area contributed by atoms with Gasteiger partial charge in [-0.25, -0.2) is 0 Å². The van der Waals surface area contributed by atoms with E-state index in [-0.39, 0.29) is 22.5 Å². The van der Waals surface area contributed by atoms with Crippen LogP contribution in [0.2, 0.25) is 0 Å². The highest BCUT2D eigenvalue weighted by Gasteiger charge is 2.21. The van der Waals surface area contributed by atoms with Crippen LogP contribution in [0, 0.1) is 0 Å². The number of nitrogens with zero attached hydrogens (tertiary/aromatic N) is 3. The molecule has 5 rings (SSSR count). The average Bonchev–Trinajstić information content (AvgIpc) is 2.80. The van der Waals surface area contributed by atoms with Crippen molar-refractivity contribution in [2.45, 2.75) is 0 Å². The van der Waals surface area contributed by atoms with Crippen LogP contribution in [-0.2, 0) is 4.74 Å². The molecule has 4 aromatic rings. The van der Waals surface area contributed by atoms with Crippen molar-refractivity contribution in [2.24, 2.45) is 0 Å². The number of ether oxygens (including phenoxy) is 1. The first-order chi connectivity index (χ1) is 14.6. The Morgan fingerprint density at radius 3 is 2.50 bits per heavy atom. The van der Waals surface area contributed by atoms with Crippen LogP contribution in [0.5, 0.6) is 5.75 Å². The van der Waals surface area contributed by atoms with Gasteiger partial charge < -0.3 is 14.7 Å². The number of pyridine rings is 2. The molecule has 1 saturated heterocycles. The first-order valence-corrected chi connectivity index (χ1v) is 9.73. The highest BCUT2D eigenvalue weighted by Crippen LogP contribution is 2.32. The zero-order valence-electron chi connectivity index (χ0n) is 16.1. The summed E-state index contributed by atoms with van der Waals surface area (Å²) in [6.45, 7) is 2.50. The number of carbonyl (C=O) groups excluding carboxylic acids is 1. The number of phenols is 1. The number of rotatable bonds is 2. The summed E-state index contributed by atoms with van der Waals surface area (Å²) < 4.78 is 6.92. The number of fused-ring (bicyclic) bond motifs is 2. The summed E-state index contributed by atoms with van der Waals surface area (Å²) in [6, 6.07) is 13.6. The van der Waals surface area contributed by atoms with Crippen molar-refractivity contribution in [3.05, 3.63) is 76.7 Å². The zero-order chi connectivity index (χ0) is 20.7. The maximum Gasteiger partial charge on any atom is 0.262 e. The molecule has 30 heavy (non-hydrogen) atoms. The minimum absolute atomic E-state index is 0.133. The molecule has 0 spiro atoms. The van der Waals surface area contributed by atoms with Gasteiger partial charge in [-0.2, -0.15) is 0 Å². The van der Waals surface area contributed by atoms with Crippen LogP contribution in [0.25, 0.3) is 21.8 Å². The standard InChI is InChI=1S/C23H19N3O4/c27-20-14-16(25-9-11-30-12-10-25)13-19-21(20)22(28)17-3-1-2-4-18(17)26(19)23(29)15-5-7-24-8-6-15/h1-8,13-14,27H,9-12H2. The largest absolute Gasteiger partial charge is 0.507 e. The van der Waals surface area contributed by atoms with Crippen LogP contribution >= 0.6 is 0 Å². The lowest BCUT2D eigenvalue weighted by Gasteiger charge is -2.29. The highest BCUT2D eigenvalue weighted by atomic mass is 16.5. The molecule has 1 aliphatic rings. The number of hydrogen-bond donors (Lipinski definition) is 1. The fourth-order valence-corrected chi connectivity index (χ4v) is 3.98. The molecular formula is C23H19N3O4. The minimum atomic E-state index is -0.301. The van der Waals surface area contributed by atoms with Crippen molar-refractivity contribution < 1.29 is 14.6 Å². The monoisotopic (exact) mass is 401 g/mol. The molecule has 1 aliphatic heterocycles. The Morgan fingerprint density at radius 2 is 1.73 bits per heavy atom. The van der Waals surface area contributed by atoms with Crippen molar-refractivity contribution in [1.29, 1.82) is 0 Å². The van der Waals surface area contributed by atoms with E-state index in [0.29, 0.717) is 48.3 Å². The number of carbonyl (C=O) groups is 1. The van der Waals surface area contributed by atoms with Crippen molar-refractivity contribution in [1.82, 2.24) is 9.55 Å². The first kappa shape index (κ1) is 18.3. The summed E-state index contributed by atoms with van der Waals surface area (Å²) in [5, 5.41) is 11.3. The van der Waals surface area contributed by atoms with Crippen LogP contribution in [-0.4, -0.2) is 46.9 Å². The SMILES string of the molecule is O=C(c1ccncc1)n1c2ccccc2c(=O)c2c(O)cc(N3CCOCC3)cc21. The summed E-state index contributed by atoms with van der Waals surface area (Å²) in [5.41, 5.74) is 1.76. The second-order valence-electron chi connectivity index (χ2n) is 7.18. The molecule has 0 radical (unpaired) electrons. The van der Waals surface area contributed by atoms with E-state index in [0.717, 1.165) is 5.69 Å². The third-order valence-corrected chi connectivity index (χ3v) is 5.45. The summed E-state index contributed by atoms with van der Waals surface area (Å²) in [4.78, 5) is 32.7. The molecule has 0 atom stereocenters. The van der Waals surface area contributed by atoms with Gasteiger partial charge in [-0.1, -0.05) is 12.1 Å². The van der Waals surface area contributed by atoms with Gasteiger partial charge in [0.1, 0.15) is 5.75 Å². The molecule has 0 amide bonds. The lowest BCUT2D eigenvalue weighted by atomic mass is 10.1. The van der Waals surface area contributed by atoms with Crippen molar-refractivity contribution in [3.63, 3.8) is 0 Å². The van der Waals surface area contributed by atoms with Gasteiger partial charge >= 0.3 is 0 Å². The van der Waals surface area contributed by atoms with Crippen molar-refractivity contribution in [3.8, 4) is 5.75 Å². The maximum atomic E-state index is 13.5. The maximum absolute atomic E-state index is 13.5. The normalized spacial score (nSPS) is 14.3. The average molecular weight is 401 g/mol. The van der Waals surface area contributed by atoms with E-state index in [1.807, 2.05) is 0 Å². The number of aromatic nitrogens is 2. The van der Waals surface area contributed by atoms with Gasteiger partial charge in [0.15, 0.2) is 0 Å². The summed E-state index contributed by atoms with van der Waals surface area (Å²) in [7, 11) is 0. The van der Waals surface area contributed by atoms with Gasteiger partial charge in [0.05, 0.1) is 29.6 Å². The number of benzene rings is 2. The molecule has 7 heteroatoms. The molecular weight excluding hydrogens is 382 g/mol. The molecule has 2 aromatic heterocycles. The van der Waals surface area contributed by atoms with Gasteiger partial charge in [-0.05, 0) is 30.3 Å². The molecule has 0 unspecified atom stereocenters. The molecule has 0 saturated carbocycles. The van der Waals surface area contributed by atoms with E-state index in [4.69, 9.17) is 4.74 Å². The number of phenolic OH excluding ortho intramolecular Hbond substituents is 1. The number of anilines is 1. The Labute approximate surface area is 171 Å². The van der Waals surface area contributed by atoms with Gasteiger partial charge in [-0.15, -0.1) is 0 Å². The highest BCUT2D eigenvalue weighted by molar-refractivity contribution is 6.10. The molecule has 150 valence electrons.